The van der Waals surface area contributed by atoms with Crippen molar-refractivity contribution in [2.75, 3.05) is 0 Å². The van der Waals surface area contributed by atoms with E-state index < -0.39 is 0 Å². The van der Waals surface area contributed by atoms with Crippen molar-refractivity contribution in [1.82, 2.24) is 4.57 Å². The molecule has 2 aromatic heterocycles. The summed E-state index contributed by atoms with van der Waals surface area (Å²) < 4.78 is 4.43. The van der Waals surface area contributed by atoms with Gasteiger partial charge in [-0.1, -0.05) is 48.5 Å². The molecule has 0 amide bonds. The number of aryl methyl sites for hydroxylation is 2. The van der Waals surface area contributed by atoms with Crippen LogP contribution in [0.15, 0.2) is 76.4 Å². The Morgan fingerprint density at radius 1 is 0.963 bits per heavy atom. The number of aromatic nitrogens is 2. The maximum absolute atomic E-state index is 4.72. The summed E-state index contributed by atoms with van der Waals surface area (Å²) in [5, 5.41) is 13.4. The third kappa shape index (κ3) is 3.53. The second-order valence-corrected chi connectivity index (χ2v) is 6.87. The highest BCUT2D eigenvalue weighted by Gasteiger charge is 2.20. The van der Waals surface area contributed by atoms with E-state index in [2.05, 4.69) is 76.6 Å². The number of hydrogen-bond acceptors (Lipinski definition) is 3. The SMILES string of the molecule is CCn1c(-c2ccccc2)c(/N=N/c2scc[n+]2CC)c2ccccc21.[Cl-]. The Morgan fingerprint density at radius 2 is 1.70 bits per heavy atom. The average molecular weight is 397 g/mol. The van der Waals surface area contributed by atoms with Crippen LogP contribution in [0.25, 0.3) is 22.2 Å². The number of para-hydroxylation sites is 1. The van der Waals surface area contributed by atoms with Crippen LogP contribution in [0.4, 0.5) is 10.8 Å². The summed E-state index contributed by atoms with van der Waals surface area (Å²) in [6, 6.07) is 18.9. The van der Waals surface area contributed by atoms with Crippen molar-refractivity contribution >= 4 is 33.1 Å². The lowest BCUT2D eigenvalue weighted by atomic mass is 10.1. The van der Waals surface area contributed by atoms with Gasteiger partial charge in [-0.25, -0.2) is 4.57 Å². The molecular weight excluding hydrogens is 376 g/mol. The van der Waals surface area contributed by atoms with Crippen molar-refractivity contribution in [1.29, 1.82) is 0 Å². The average Bonchev–Trinajstić information content (AvgIpc) is 3.28. The predicted molar refractivity (Wildman–Crippen MR) is 107 cm³/mol. The Balaban J connectivity index is 0.00000210. The van der Waals surface area contributed by atoms with Crippen LogP contribution < -0.4 is 17.0 Å². The monoisotopic (exact) mass is 396 g/mol. The highest BCUT2D eigenvalue weighted by Crippen LogP contribution is 2.40. The van der Waals surface area contributed by atoms with E-state index in [9.17, 15) is 0 Å². The van der Waals surface area contributed by atoms with E-state index in [1.165, 1.54) is 5.52 Å². The number of halogens is 1. The number of fused-ring (bicyclic) bond motifs is 1. The molecule has 4 rings (SSSR count). The van der Waals surface area contributed by atoms with Gasteiger partial charge in [-0.05, 0) is 36.4 Å². The first-order valence-corrected chi connectivity index (χ1v) is 9.76. The Hall–Kier alpha value is -2.50. The minimum atomic E-state index is 0. The van der Waals surface area contributed by atoms with Gasteiger partial charge in [-0.15, -0.1) is 0 Å². The Morgan fingerprint density at radius 3 is 2.44 bits per heavy atom. The molecule has 0 saturated carbocycles. The lowest BCUT2D eigenvalue weighted by Gasteiger charge is -2.08. The molecule has 138 valence electrons. The van der Waals surface area contributed by atoms with Crippen molar-refractivity contribution in [3.05, 3.63) is 66.2 Å². The van der Waals surface area contributed by atoms with Gasteiger partial charge in [-0.2, -0.15) is 0 Å². The molecule has 0 saturated heterocycles. The predicted octanol–water partition coefficient (Wildman–Crippen LogP) is 3.12. The van der Waals surface area contributed by atoms with Gasteiger partial charge in [-0.3, -0.25) is 0 Å². The van der Waals surface area contributed by atoms with Crippen LogP contribution in [0.3, 0.4) is 0 Å². The van der Waals surface area contributed by atoms with E-state index in [1.54, 1.807) is 11.3 Å². The maximum atomic E-state index is 4.72. The van der Waals surface area contributed by atoms with E-state index in [4.69, 9.17) is 5.11 Å². The number of nitrogens with zero attached hydrogens (tertiary/aromatic N) is 4. The molecule has 27 heavy (non-hydrogen) atoms. The molecule has 0 unspecified atom stereocenters. The van der Waals surface area contributed by atoms with Crippen LogP contribution in [0.2, 0.25) is 0 Å². The fraction of sp³-hybridized carbons (Fsp3) is 0.190. The van der Waals surface area contributed by atoms with Crippen LogP contribution in [-0.4, -0.2) is 4.57 Å². The van der Waals surface area contributed by atoms with Gasteiger partial charge in [0.1, 0.15) is 11.9 Å². The molecule has 0 aliphatic heterocycles. The third-order valence-corrected chi connectivity index (χ3v) is 5.33. The fourth-order valence-electron chi connectivity index (χ4n) is 3.31. The van der Waals surface area contributed by atoms with Crippen molar-refractivity contribution in [2.45, 2.75) is 26.9 Å². The summed E-state index contributed by atoms with van der Waals surface area (Å²) in [5.74, 6) is 0. The first-order valence-electron chi connectivity index (χ1n) is 8.88. The van der Waals surface area contributed by atoms with Gasteiger partial charge in [0.15, 0.2) is 0 Å². The zero-order valence-corrected chi connectivity index (χ0v) is 16.9. The topological polar surface area (TPSA) is 33.5 Å². The summed E-state index contributed by atoms with van der Waals surface area (Å²) >= 11 is 1.61. The summed E-state index contributed by atoms with van der Waals surface area (Å²) in [6.45, 7) is 6.06. The first-order chi connectivity index (χ1) is 12.8. The number of azo groups is 1. The summed E-state index contributed by atoms with van der Waals surface area (Å²) in [6.07, 6.45) is 2.05. The Labute approximate surface area is 169 Å². The largest absolute Gasteiger partial charge is 1.00 e. The Bertz CT molecular complexity index is 1070. The van der Waals surface area contributed by atoms with Crippen molar-refractivity contribution in [3.63, 3.8) is 0 Å². The number of rotatable bonds is 5. The molecule has 0 radical (unpaired) electrons. The molecular formula is C21H21ClN4S. The number of hydrogen-bond donors (Lipinski definition) is 0. The smallest absolute Gasteiger partial charge is 0.408 e. The maximum Gasteiger partial charge on any atom is 0.408 e. The van der Waals surface area contributed by atoms with E-state index in [0.29, 0.717) is 0 Å². The highest BCUT2D eigenvalue weighted by molar-refractivity contribution is 7.12. The van der Waals surface area contributed by atoms with Gasteiger partial charge in [0.2, 0.25) is 0 Å². The van der Waals surface area contributed by atoms with Crippen LogP contribution in [0, 0.1) is 0 Å². The summed E-state index contributed by atoms with van der Waals surface area (Å²) in [7, 11) is 0. The van der Waals surface area contributed by atoms with Gasteiger partial charge in [0.25, 0.3) is 0 Å². The lowest BCUT2D eigenvalue weighted by molar-refractivity contribution is -0.676. The van der Waals surface area contributed by atoms with Crippen LogP contribution >= 0.6 is 11.3 Å². The minimum Gasteiger partial charge on any atom is -1.00 e. The van der Waals surface area contributed by atoms with Crippen molar-refractivity contribution in [2.24, 2.45) is 10.2 Å². The van der Waals surface area contributed by atoms with Crippen molar-refractivity contribution < 1.29 is 17.0 Å². The number of thiazole rings is 1. The molecule has 0 N–H and O–H groups in total. The molecule has 2 aromatic carbocycles. The molecule has 4 nitrogen and oxygen atoms in total. The molecule has 0 aliphatic carbocycles. The van der Waals surface area contributed by atoms with E-state index in [1.807, 2.05) is 17.6 Å². The molecule has 0 aliphatic rings. The second-order valence-electron chi connectivity index (χ2n) is 6.00. The van der Waals surface area contributed by atoms with Gasteiger partial charge >= 0.3 is 5.13 Å². The standard InChI is InChI=1S/C21H21N4S.ClH/c1-3-24-14-15-26-21(24)23-22-19-17-12-8-9-13-18(17)25(4-2)20(19)16-10-6-5-7-11-16;/h5-15H,3-4H2,1-2H3;1H/q+1;/p-1. The van der Waals surface area contributed by atoms with E-state index >= 15 is 0 Å². The van der Waals surface area contributed by atoms with Crippen molar-refractivity contribution in [3.8, 4) is 11.3 Å². The highest BCUT2D eigenvalue weighted by atomic mass is 35.5. The molecule has 0 atom stereocenters. The van der Waals surface area contributed by atoms with Crippen LogP contribution in [0.5, 0.6) is 0 Å². The minimum absolute atomic E-state index is 0. The summed E-state index contributed by atoms with van der Waals surface area (Å²) in [4.78, 5) is 0. The second kappa shape index (κ2) is 8.46. The van der Waals surface area contributed by atoms with E-state index in [-0.39, 0.29) is 12.4 Å². The molecule has 0 fully saturated rings. The fourth-order valence-corrected chi connectivity index (χ4v) is 4.06. The molecule has 6 heteroatoms. The number of benzene rings is 2. The molecule has 2 heterocycles. The zero-order chi connectivity index (χ0) is 17.9. The zero-order valence-electron chi connectivity index (χ0n) is 15.3. The van der Waals surface area contributed by atoms with E-state index in [0.717, 1.165) is 40.6 Å². The first kappa shape index (κ1) is 19.3. The van der Waals surface area contributed by atoms with Gasteiger partial charge in [0.05, 0.1) is 22.9 Å². The Kier molecular flexibility index (Phi) is 6.04. The third-order valence-electron chi connectivity index (χ3n) is 4.54. The normalized spacial score (nSPS) is 11.2. The van der Waals surface area contributed by atoms with Crippen LogP contribution in [-0.2, 0) is 13.1 Å². The lowest BCUT2D eigenvalue weighted by Crippen LogP contribution is -3.00. The summed E-state index contributed by atoms with van der Waals surface area (Å²) in [5.41, 5.74) is 4.41. The molecule has 0 bridgehead atoms. The van der Waals surface area contributed by atoms with Crippen LogP contribution in [0.1, 0.15) is 13.8 Å². The molecule has 0 spiro atoms. The van der Waals surface area contributed by atoms with Gasteiger partial charge in [0, 0.05) is 22.9 Å². The molecule has 4 aromatic rings. The van der Waals surface area contributed by atoms with Gasteiger partial charge < -0.3 is 17.0 Å². The quantitative estimate of drug-likeness (QED) is 0.367.